The number of benzene rings is 3. The fourth-order valence-electron chi connectivity index (χ4n) is 2.61. The topological polar surface area (TPSA) is 41.5 Å². The SMILES string of the molecule is CC(C)(c1ccc(O)cc1)c1ccc(ONc2ccccc2)cc1. The van der Waals surface area contributed by atoms with E-state index in [-0.39, 0.29) is 11.2 Å². The number of para-hydroxylation sites is 1. The minimum Gasteiger partial charge on any atom is -0.508 e. The lowest BCUT2D eigenvalue weighted by Crippen LogP contribution is -2.18. The molecule has 122 valence electrons. The van der Waals surface area contributed by atoms with E-state index in [0.717, 1.165) is 17.0 Å². The van der Waals surface area contributed by atoms with E-state index in [9.17, 15) is 5.11 Å². The number of phenolic OH excluding ortho intramolecular Hbond substituents is 1. The molecule has 0 aromatic heterocycles. The summed E-state index contributed by atoms with van der Waals surface area (Å²) < 4.78 is 0. The first-order valence-corrected chi connectivity index (χ1v) is 7.94. The van der Waals surface area contributed by atoms with Crippen LogP contribution in [0.15, 0.2) is 78.9 Å². The summed E-state index contributed by atoms with van der Waals surface area (Å²) >= 11 is 0. The van der Waals surface area contributed by atoms with Crippen LogP contribution in [0, 0.1) is 0 Å². The predicted octanol–water partition coefficient (Wildman–Crippen LogP) is 5.12. The number of anilines is 1. The fraction of sp³-hybridized carbons (Fsp3) is 0.143. The van der Waals surface area contributed by atoms with Crippen LogP contribution in [0.25, 0.3) is 0 Å². The van der Waals surface area contributed by atoms with Crippen LogP contribution in [0.1, 0.15) is 25.0 Å². The molecule has 0 spiro atoms. The zero-order chi connectivity index (χ0) is 17.0. The van der Waals surface area contributed by atoms with Crippen molar-refractivity contribution >= 4 is 5.69 Å². The van der Waals surface area contributed by atoms with Crippen molar-refractivity contribution < 1.29 is 9.94 Å². The van der Waals surface area contributed by atoms with Gasteiger partial charge in [-0.05, 0) is 47.5 Å². The largest absolute Gasteiger partial charge is 0.508 e. The van der Waals surface area contributed by atoms with Crippen molar-refractivity contribution in [3.63, 3.8) is 0 Å². The molecule has 3 heteroatoms. The monoisotopic (exact) mass is 319 g/mol. The number of rotatable bonds is 5. The summed E-state index contributed by atoms with van der Waals surface area (Å²) in [5, 5.41) is 9.46. The van der Waals surface area contributed by atoms with E-state index in [1.165, 1.54) is 5.56 Å². The van der Waals surface area contributed by atoms with Gasteiger partial charge in [0.05, 0.1) is 5.69 Å². The number of nitrogens with one attached hydrogen (secondary N) is 1. The maximum atomic E-state index is 9.46. The second kappa shape index (κ2) is 6.67. The molecule has 3 aromatic rings. The van der Waals surface area contributed by atoms with Gasteiger partial charge in [0.25, 0.3) is 0 Å². The summed E-state index contributed by atoms with van der Waals surface area (Å²) in [4.78, 5) is 5.60. The van der Waals surface area contributed by atoms with Crippen molar-refractivity contribution in [1.29, 1.82) is 0 Å². The van der Waals surface area contributed by atoms with E-state index in [1.54, 1.807) is 12.1 Å². The second-order valence-electron chi connectivity index (χ2n) is 6.27. The van der Waals surface area contributed by atoms with Crippen LogP contribution >= 0.6 is 0 Å². The summed E-state index contributed by atoms with van der Waals surface area (Å²) in [5.74, 6) is 1.04. The molecule has 0 heterocycles. The molecular weight excluding hydrogens is 298 g/mol. The molecular formula is C21H21NO2. The number of phenols is 1. The molecule has 0 amide bonds. The first-order chi connectivity index (χ1) is 11.6. The van der Waals surface area contributed by atoms with Crippen LogP contribution in [0.3, 0.4) is 0 Å². The van der Waals surface area contributed by atoms with Gasteiger partial charge < -0.3 is 9.94 Å². The van der Waals surface area contributed by atoms with Gasteiger partial charge in [0.1, 0.15) is 5.75 Å². The zero-order valence-corrected chi connectivity index (χ0v) is 13.9. The highest BCUT2D eigenvalue weighted by atomic mass is 16.6. The van der Waals surface area contributed by atoms with Crippen LogP contribution in [0.2, 0.25) is 0 Å². The number of hydrogen-bond donors (Lipinski definition) is 2. The second-order valence-corrected chi connectivity index (χ2v) is 6.27. The average Bonchev–Trinajstić information content (AvgIpc) is 2.61. The van der Waals surface area contributed by atoms with Gasteiger partial charge in [-0.15, -0.1) is 0 Å². The highest BCUT2D eigenvalue weighted by molar-refractivity contribution is 5.43. The molecule has 0 saturated carbocycles. The normalized spacial score (nSPS) is 11.1. The van der Waals surface area contributed by atoms with E-state index in [2.05, 4.69) is 31.5 Å². The van der Waals surface area contributed by atoms with Crippen LogP contribution < -0.4 is 10.3 Å². The lowest BCUT2D eigenvalue weighted by Gasteiger charge is -2.26. The van der Waals surface area contributed by atoms with Crippen molar-refractivity contribution in [2.75, 3.05) is 5.48 Å². The zero-order valence-electron chi connectivity index (χ0n) is 13.9. The van der Waals surface area contributed by atoms with Gasteiger partial charge in [-0.1, -0.05) is 56.3 Å². The molecule has 0 fully saturated rings. The predicted molar refractivity (Wildman–Crippen MR) is 97.4 cm³/mol. The Labute approximate surface area is 142 Å². The summed E-state index contributed by atoms with van der Waals surface area (Å²) in [7, 11) is 0. The van der Waals surface area contributed by atoms with E-state index < -0.39 is 0 Å². The van der Waals surface area contributed by atoms with Crippen LogP contribution in [-0.2, 0) is 5.41 Å². The maximum Gasteiger partial charge on any atom is 0.155 e. The Balaban J connectivity index is 1.72. The third kappa shape index (κ3) is 3.51. The molecule has 0 aliphatic heterocycles. The quantitative estimate of drug-likeness (QED) is 0.641. The molecule has 0 radical (unpaired) electrons. The lowest BCUT2D eigenvalue weighted by atomic mass is 9.78. The molecule has 2 N–H and O–H groups in total. The molecule has 0 atom stereocenters. The van der Waals surface area contributed by atoms with E-state index in [1.807, 2.05) is 54.6 Å². The highest BCUT2D eigenvalue weighted by Crippen LogP contribution is 2.33. The van der Waals surface area contributed by atoms with Gasteiger partial charge in [-0.25, -0.2) is 5.48 Å². The van der Waals surface area contributed by atoms with Gasteiger partial charge in [-0.2, -0.15) is 0 Å². The van der Waals surface area contributed by atoms with E-state index in [0.29, 0.717) is 0 Å². The van der Waals surface area contributed by atoms with Gasteiger partial charge >= 0.3 is 0 Å². The number of hydrogen-bond acceptors (Lipinski definition) is 3. The Bertz CT molecular complexity index is 778. The molecule has 24 heavy (non-hydrogen) atoms. The Morgan fingerprint density at radius 1 is 0.750 bits per heavy atom. The van der Waals surface area contributed by atoms with Crippen molar-refractivity contribution in [2.24, 2.45) is 0 Å². The average molecular weight is 319 g/mol. The summed E-state index contributed by atoms with van der Waals surface area (Å²) in [5.41, 5.74) is 6.01. The summed E-state index contributed by atoms with van der Waals surface area (Å²) in [6, 6.07) is 25.1. The first-order valence-electron chi connectivity index (χ1n) is 7.94. The van der Waals surface area contributed by atoms with Crippen molar-refractivity contribution in [3.8, 4) is 11.5 Å². The molecule has 3 nitrogen and oxygen atoms in total. The highest BCUT2D eigenvalue weighted by Gasteiger charge is 2.23. The van der Waals surface area contributed by atoms with Gasteiger partial charge in [0.15, 0.2) is 5.75 Å². The Morgan fingerprint density at radius 2 is 1.29 bits per heavy atom. The summed E-state index contributed by atoms with van der Waals surface area (Å²) in [6.07, 6.45) is 0. The van der Waals surface area contributed by atoms with Crippen LogP contribution in [0.5, 0.6) is 11.5 Å². The fourth-order valence-corrected chi connectivity index (χ4v) is 2.61. The first kappa shape index (κ1) is 15.9. The van der Waals surface area contributed by atoms with Gasteiger partial charge in [0.2, 0.25) is 0 Å². The van der Waals surface area contributed by atoms with Crippen molar-refractivity contribution in [3.05, 3.63) is 90.0 Å². The molecule has 0 unspecified atom stereocenters. The van der Waals surface area contributed by atoms with E-state index in [4.69, 9.17) is 4.84 Å². The van der Waals surface area contributed by atoms with Crippen LogP contribution in [0.4, 0.5) is 5.69 Å². The minimum absolute atomic E-state index is 0.154. The van der Waals surface area contributed by atoms with Crippen molar-refractivity contribution in [1.82, 2.24) is 0 Å². The lowest BCUT2D eigenvalue weighted by molar-refractivity contribution is 0.404. The third-order valence-electron chi connectivity index (χ3n) is 4.23. The Hall–Kier alpha value is -2.94. The summed E-state index contributed by atoms with van der Waals surface area (Å²) in [6.45, 7) is 4.33. The molecule has 3 rings (SSSR count). The molecule has 0 saturated heterocycles. The van der Waals surface area contributed by atoms with E-state index >= 15 is 0 Å². The molecule has 0 bridgehead atoms. The number of aromatic hydroxyl groups is 1. The Morgan fingerprint density at radius 3 is 1.88 bits per heavy atom. The maximum absolute atomic E-state index is 9.46. The van der Waals surface area contributed by atoms with Crippen LogP contribution in [-0.4, -0.2) is 5.11 Å². The standard InChI is InChI=1S/C21H21NO2/c1-21(2,16-8-12-19(23)13-9-16)17-10-14-20(15-11-17)24-22-18-6-4-3-5-7-18/h3-15,22-23H,1-2H3. The van der Waals surface area contributed by atoms with Gasteiger partial charge in [0, 0.05) is 5.41 Å². The smallest absolute Gasteiger partial charge is 0.155 e. The van der Waals surface area contributed by atoms with Crippen molar-refractivity contribution in [2.45, 2.75) is 19.3 Å². The van der Waals surface area contributed by atoms with Gasteiger partial charge in [-0.3, -0.25) is 0 Å². The molecule has 3 aromatic carbocycles. The Kier molecular flexibility index (Phi) is 4.43. The third-order valence-corrected chi connectivity index (χ3v) is 4.23. The molecule has 0 aliphatic rings. The minimum atomic E-state index is -0.154. The molecule has 0 aliphatic carbocycles.